The van der Waals surface area contributed by atoms with Crippen molar-refractivity contribution in [2.24, 2.45) is 5.16 Å². The van der Waals surface area contributed by atoms with Crippen molar-refractivity contribution in [1.29, 1.82) is 0 Å². The van der Waals surface area contributed by atoms with E-state index in [1.165, 1.54) is 22.8 Å². The summed E-state index contributed by atoms with van der Waals surface area (Å²) in [6.45, 7) is 2.23. The maximum atomic E-state index is 12.9. The number of aryl methyl sites for hydroxylation is 1. The van der Waals surface area contributed by atoms with Gasteiger partial charge in [-0.15, -0.1) is 11.3 Å². The molecular weight excluding hydrogens is 537 g/mol. The summed E-state index contributed by atoms with van der Waals surface area (Å²) in [5.41, 5.74) is 1.72. The summed E-state index contributed by atoms with van der Waals surface area (Å²) in [5.74, 6) is -0.629. The first-order chi connectivity index (χ1) is 18.7. The van der Waals surface area contributed by atoms with Gasteiger partial charge in [-0.25, -0.2) is 14.3 Å². The van der Waals surface area contributed by atoms with Crippen LogP contribution in [-0.2, 0) is 22.4 Å². The normalized spacial score (nSPS) is 18.5. The van der Waals surface area contributed by atoms with Crippen molar-refractivity contribution in [1.82, 2.24) is 24.2 Å². The van der Waals surface area contributed by atoms with Crippen molar-refractivity contribution in [3.8, 4) is 0 Å². The summed E-state index contributed by atoms with van der Waals surface area (Å²) in [4.78, 5) is 37.1. The Morgan fingerprint density at radius 3 is 2.72 bits per heavy atom. The maximum absolute atomic E-state index is 12.9. The third-order valence-corrected chi connectivity index (χ3v) is 8.04. The number of rotatable bonds is 5. The first-order valence-corrected chi connectivity index (χ1v) is 13.2. The van der Waals surface area contributed by atoms with E-state index in [0.717, 1.165) is 15.8 Å². The molecule has 1 fully saturated rings. The van der Waals surface area contributed by atoms with Crippen LogP contribution in [-0.4, -0.2) is 48.9 Å². The summed E-state index contributed by atoms with van der Waals surface area (Å²) < 4.78 is 46.6. The highest BCUT2D eigenvalue weighted by Gasteiger charge is 2.35. The zero-order chi connectivity index (χ0) is 27.3. The lowest BCUT2D eigenvalue weighted by atomic mass is 9.97. The molecule has 1 aromatic carbocycles. The van der Waals surface area contributed by atoms with Crippen molar-refractivity contribution in [3.05, 3.63) is 68.4 Å². The van der Waals surface area contributed by atoms with Gasteiger partial charge in [0.15, 0.2) is 11.3 Å². The summed E-state index contributed by atoms with van der Waals surface area (Å²) in [6, 6.07) is 8.06. The van der Waals surface area contributed by atoms with Gasteiger partial charge in [-0.1, -0.05) is 17.3 Å². The molecule has 0 bridgehead atoms. The molecule has 3 aromatic heterocycles. The van der Waals surface area contributed by atoms with E-state index >= 15 is 0 Å². The number of benzene rings is 1. The number of piperidine rings is 1. The SMILES string of the molecule is Cc1cc(C(F)(F)F)nn1CC(=O)N1CCC(c2nc(C3=NO[C@@H](n4c(=O)oc5ccccc54)C3)cs2)CC1. The fraction of sp³-hybridized carbons (Fsp3) is 0.400. The first kappa shape index (κ1) is 25.3. The summed E-state index contributed by atoms with van der Waals surface area (Å²) in [5, 5.41) is 10.6. The molecule has 1 saturated heterocycles. The van der Waals surface area contributed by atoms with Crippen LogP contribution in [0.3, 0.4) is 0 Å². The molecule has 0 saturated carbocycles. The highest BCUT2D eigenvalue weighted by Crippen LogP contribution is 2.33. The average Bonchev–Trinajstić information content (AvgIpc) is 3.69. The smallest absolute Gasteiger partial charge is 0.408 e. The summed E-state index contributed by atoms with van der Waals surface area (Å²) in [7, 11) is 0. The third kappa shape index (κ3) is 4.84. The minimum absolute atomic E-state index is 0.148. The molecule has 0 radical (unpaired) electrons. The van der Waals surface area contributed by atoms with Gasteiger partial charge >= 0.3 is 11.9 Å². The minimum Gasteiger partial charge on any atom is -0.408 e. The Kier molecular flexibility index (Phi) is 6.28. The van der Waals surface area contributed by atoms with Gasteiger partial charge in [0.25, 0.3) is 0 Å². The van der Waals surface area contributed by atoms with E-state index in [-0.39, 0.29) is 24.1 Å². The number of halogens is 3. The van der Waals surface area contributed by atoms with Crippen molar-refractivity contribution < 1.29 is 27.2 Å². The molecule has 2 aliphatic rings. The lowest BCUT2D eigenvalue weighted by molar-refractivity contribution is -0.142. The number of oxime groups is 1. The number of alkyl halides is 3. The lowest BCUT2D eigenvalue weighted by Gasteiger charge is -2.31. The number of nitrogens with zero attached hydrogens (tertiary/aromatic N) is 6. The molecule has 10 nitrogen and oxygen atoms in total. The number of aromatic nitrogens is 4. The number of carbonyl (C=O) groups is 1. The zero-order valence-corrected chi connectivity index (χ0v) is 21.5. The van der Waals surface area contributed by atoms with E-state index in [1.807, 2.05) is 11.4 Å². The van der Waals surface area contributed by atoms with Crippen LogP contribution in [0.5, 0.6) is 0 Å². The molecule has 6 rings (SSSR count). The summed E-state index contributed by atoms with van der Waals surface area (Å²) in [6.07, 6.45) is -3.44. The Balaban J connectivity index is 1.06. The van der Waals surface area contributed by atoms with Crippen molar-refractivity contribution in [2.75, 3.05) is 13.1 Å². The van der Waals surface area contributed by atoms with Crippen LogP contribution in [0.4, 0.5) is 13.2 Å². The van der Waals surface area contributed by atoms with E-state index < -0.39 is 23.9 Å². The number of amides is 1. The maximum Gasteiger partial charge on any atom is 0.435 e. The number of oxazole rings is 1. The second-order valence-corrected chi connectivity index (χ2v) is 10.4. The monoisotopic (exact) mass is 560 g/mol. The number of fused-ring (bicyclic) bond motifs is 1. The Hall–Kier alpha value is -3.94. The number of hydrogen-bond donors (Lipinski definition) is 0. The number of para-hydroxylation sites is 2. The standard InChI is InChI=1S/C25H23F3N6O4S/c1-14-10-20(25(26,27)28)30-33(14)12-21(35)32-8-6-15(7-9-32)23-29-17(13-39-23)16-11-22(38-31-16)34-18-4-2-3-5-19(18)37-24(34)36/h2-5,10,13,15,22H,6-9,11-12H2,1H3/t22-/m1/s1. The lowest BCUT2D eigenvalue weighted by Crippen LogP contribution is -2.40. The molecule has 14 heteroatoms. The largest absolute Gasteiger partial charge is 0.435 e. The first-order valence-electron chi connectivity index (χ1n) is 12.4. The van der Waals surface area contributed by atoms with Gasteiger partial charge < -0.3 is 14.2 Å². The Labute approximate surface area is 223 Å². The van der Waals surface area contributed by atoms with Crippen molar-refractivity contribution >= 4 is 34.1 Å². The Bertz CT molecular complexity index is 1630. The van der Waals surface area contributed by atoms with Crippen LogP contribution in [0, 0.1) is 6.92 Å². The van der Waals surface area contributed by atoms with Crippen molar-refractivity contribution in [3.63, 3.8) is 0 Å². The highest BCUT2D eigenvalue weighted by molar-refractivity contribution is 7.10. The molecular formula is C25H23F3N6O4S. The topological polar surface area (TPSA) is 108 Å². The molecule has 0 N–H and O–H groups in total. The van der Waals surface area contributed by atoms with E-state index in [0.29, 0.717) is 54.9 Å². The second kappa shape index (κ2) is 9.67. The fourth-order valence-corrected chi connectivity index (χ4v) is 5.93. The van der Waals surface area contributed by atoms with Crippen LogP contribution in [0.1, 0.15) is 53.5 Å². The van der Waals surface area contributed by atoms with Gasteiger partial charge in [0, 0.05) is 30.1 Å². The van der Waals surface area contributed by atoms with E-state index in [4.69, 9.17) is 14.2 Å². The van der Waals surface area contributed by atoms with Crippen LogP contribution in [0.2, 0.25) is 0 Å². The predicted octanol–water partition coefficient (Wildman–Crippen LogP) is 4.30. The molecule has 0 unspecified atom stereocenters. The van der Waals surface area contributed by atoms with E-state index in [9.17, 15) is 22.8 Å². The molecule has 204 valence electrons. The molecule has 4 aromatic rings. The zero-order valence-electron chi connectivity index (χ0n) is 20.7. The fourth-order valence-electron chi connectivity index (χ4n) is 4.93. The Morgan fingerprint density at radius 1 is 1.21 bits per heavy atom. The number of carbonyl (C=O) groups excluding carboxylic acids is 1. The quantitative estimate of drug-likeness (QED) is 0.360. The van der Waals surface area contributed by atoms with Gasteiger partial charge in [-0.3, -0.25) is 9.48 Å². The van der Waals surface area contributed by atoms with Gasteiger partial charge in [0.05, 0.1) is 22.6 Å². The van der Waals surface area contributed by atoms with Crippen LogP contribution < -0.4 is 5.76 Å². The average molecular weight is 561 g/mol. The molecule has 2 aliphatic heterocycles. The van der Waals surface area contributed by atoms with Gasteiger partial charge in [0.1, 0.15) is 12.3 Å². The van der Waals surface area contributed by atoms with Crippen molar-refractivity contribution in [2.45, 2.75) is 51.1 Å². The number of thiazole rings is 1. The van der Waals surface area contributed by atoms with Gasteiger partial charge in [-0.2, -0.15) is 18.3 Å². The predicted molar refractivity (Wildman–Crippen MR) is 134 cm³/mol. The molecule has 0 spiro atoms. The van der Waals surface area contributed by atoms with Crippen LogP contribution >= 0.6 is 11.3 Å². The molecule has 0 aliphatic carbocycles. The summed E-state index contributed by atoms with van der Waals surface area (Å²) >= 11 is 1.51. The number of likely N-dealkylation sites (tertiary alicyclic amines) is 1. The minimum atomic E-state index is -4.55. The number of hydrogen-bond acceptors (Lipinski definition) is 8. The van der Waals surface area contributed by atoms with Gasteiger partial charge in [-0.05, 0) is 38.0 Å². The van der Waals surface area contributed by atoms with Crippen LogP contribution in [0.25, 0.3) is 11.1 Å². The van der Waals surface area contributed by atoms with E-state index in [2.05, 4.69) is 10.3 Å². The van der Waals surface area contributed by atoms with Crippen LogP contribution in [0.15, 0.2) is 50.1 Å². The molecule has 5 heterocycles. The molecule has 1 atom stereocenters. The second-order valence-electron chi connectivity index (χ2n) is 9.56. The highest BCUT2D eigenvalue weighted by atomic mass is 32.1. The molecule has 1 amide bonds. The van der Waals surface area contributed by atoms with Gasteiger partial charge in [0.2, 0.25) is 12.1 Å². The third-order valence-electron chi connectivity index (χ3n) is 7.03. The Morgan fingerprint density at radius 2 is 1.97 bits per heavy atom. The van der Waals surface area contributed by atoms with E-state index in [1.54, 1.807) is 23.1 Å². The molecule has 39 heavy (non-hydrogen) atoms.